The second-order valence-electron chi connectivity index (χ2n) is 6.79. The van der Waals surface area contributed by atoms with Gasteiger partial charge in [-0.2, -0.15) is 0 Å². The number of rotatable bonds is 6. The third kappa shape index (κ3) is 4.07. The molecule has 3 aromatic rings. The molecule has 2 amide bonds. The summed E-state index contributed by atoms with van der Waals surface area (Å²) < 4.78 is 1.41. The highest BCUT2D eigenvalue weighted by atomic mass is 32.1. The summed E-state index contributed by atoms with van der Waals surface area (Å²) in [5.41, 5.74) is 1.20. The summed E-state index contributed by atoms with van der Waals surface area (Å²) in [5, 5.41) is 28.6. The van der Waals surface area contributed by atoms with Crippen LogP contribution in [0.3, 0.4) is 0 Å². The standard InChI is InChI=1S/C21H23N3O4S/c1-4-6-9-24-20(27)14-8-7-13(11-15(14)21(24)28)18(25)22-23-19(26)17-10-12(3)16(5-2)29-17/h7-8,10-11,27-28H,4-6,9H2,1-3H3. The number of amides is 2. The van der Waals surface area contributed by atoms with Gasteiger partial charge in [0.25, 0.3) is 5.91 Å². The summed E-state index contributed by atoms with van der Waals surface area (Å²) in [4.78, 5) is 26.1. The van der Waals surface area contributed by atoms with Crippen molar-refractivity contribution in [1.82, 2.24) is 4.57 Å². The van der Waals surface area contributed by atoms with Crippen molar-refractivity contribution < 1.29 is 19.8 Å². The number of aromatic hydroxyl groups is 2. The fourth-order valence-corrected chi connectivity index (χ4v) is 4.14. The Morgan fingerprint density at radius 1 is 1.03 bits per heavy atom. The van der Waals surface area contributed by atoms with Crippen molar-refractivity contribution in [3.8, 4) is 11.8 Å². The number of aryl methyl sites for hydroxylation is 2. The molecule has 0 bridgehead atoms. The highest BCUT2D eigenvalue weighted by Crippen LogP contribution is 2.37. The van der Waals surface area contributed by atoms with Crippen LogP contribution in [0.2, 0.25) is 0 Å². The predicted molar refractivity (Wildman–Crippen MR) is 112 cm³/mol. The van der Waals surface area contributed by atoms with Crippen LogP contribution < -0.4 is 0 Å². The lowest BCUT2D eigenvalue weighted by molar-refractivity contribution is 0.0949. The average Bonchev–Trinajstić information content (AvgIpc) is 3.21. The van der Waals surface area contributed by atoms with Crippen molar-refractivity contribution in [3.63, 3.8) is 0 Å². The highest BCUT2D eigenvalue weighted by Gasteiger charge is 2.18. The topological polar surface area (TPSA) is 104 Å². The quantitative estimate of drug-likeness (QED) is 0.541. The van der Waals surface area contributed by atoms with Crippen LogP contribution in [-0.2, 0) is 13.0 Å². The van der Waals surface area contributed by atoms with Crippen molar-refractivity contribution in [3.05, 3.63) is 45.1 Å². The van der Waals surface area contributed by atoms with E-state index >= 15 is 0 Å². The molecule has 0 aliphatic heterocycles. The summed E-state index contributed by atoms with van der Waals surface area (Å²) in [5.74, 6) is -1.39. The van der Waals surface area contributed by atoms with Gasteiger partial charge in [0.1, 0.15) is 0 Å². The van der Waals surface area contributed by atoms with E-state index in [4.69, 9.17) is 0 Å². The first-order valence-corrected chi connectivity index (χ1v) is 10.3. The molecule has 8 heteroatoms. The molecule has 0 aliphatic rings. The average molecular weight is 413 g/mol. The highest BCUT2D eigenvalue weighted by molar-refractivity contribution is 7.14. The van der Waals surface area contributed by atoms with Gasteiger partial charge in [-0.15, -0.1) is 21.6 Å². The van der Waals surface area contributed by atoms with E-state index in [1.807, 2.05) is 20.8 Å². The molecule has 1 aromatic carbocycles. The van der Waals surface area contributed by atoms with E-state index < -0.39 is 11.8 Å². The Labute approximate surface area is 172 Å². The van der Waals surface area contributed by atoms with Crippen LogP contribution in [0.1, 0.15) is 57.2 Å². The normalized spacial score (nSPS) is 11.6. The smallest absolute Gasteiger partial charge is 0.305 e. The van der Waals surface area contributed by atoms with Crippen LogP contribution in [0.5, 0.6) is 11.8 Å². The van der Waals surface area contributed by atoms with Gasteiger partial charge in [0.15, 0.2) is 0 Å². The molecule has 0 saturated carbocycles. The molecule has 0 spiro atoms. The third-order valence-electron chi connectivity index (χ3n) is 4.78. The van der Waals surface area contributed by atoms with E-state index in [2.05, 4.69) is 10.2 Å². The second kappa shape index (κ2) is 8.57. The number of hydrogen-bond acceptors (Lipinski definition) is 5. The van der Waals surface area contributed by atoms with Crippen molar-refractivity contribution in [2.75, 3.05) is 0 Å². The number of hydrogen-bond donors (Lipinski definition) is 2. The van der Waals surface area contributed by atoms with E-state index in [-0.39, 0.29) is 17.3 Å². The van der Waals surface area contributed by atoms with Crippen molar-refractivity contribution in [2.45, 2.75) is 46.6 Å². The molecule has 2 N–H and O–H groups in total. The van der Waals surface area contributed by atoms with Crippen LogP contribution in [0.25, 0.3) is 10.8 Å². The van der Waals surface area contributed by atoms with Gasteiger partial charge in [0, 0.05) is 27.8 Å². The molecule has 7 nitrogen and oxygen atoms in total. The molecule has 152 valence electrons. The Hall–Kier alpha value is -3.00. The van der Waals surface area contributed by atoms with Crippen molar-refractivity contribution >= 4 is 33.9 Å². The molecule has 0 aliphatic carbocycles. The molecule has 0 atom stereocenters. The Kier molecular flexibility index (Phi) is 6.12. The van der Waals surface area contributed by atoms with Gasteiger partial charge < -0.3 is 10.2 Å². The largest absolute Gasteiger partial charge is 0.494 e. The number of azo groups is 1. The Morgan fingerprint density at radius 2 is 1.72 bits per heavy atom. The molecule has 2 heterocycles. The molecule has 3 rings (SSSR count). The number of fused-ring (bicyclic) bond motifs is 1. The minimum Gasteiger partial charge on any atom is -0.494 e. The van der Waals surface area contributed by atoms with Gasteiger partial charge in [-0.1, -0.05) is 20.3 Å². The lowest BCUT2D eigenvalue weighted by atomic mass is 10.1. The lowest BCUT2D eigenvalue weighted by Gasteiger charge is -2.04. The first kappa shape index (κ1) is 20.7. The summed E-state index contributed by atoms with van der Waals surface area (Å²) >= 11 is 1.35. The zero-order valence-corrected chi connectivity index (χ0v) is 17.4. The first-order valence-electron chi connectivity index (χ1n) is 9.51. The minimum absolute atomic E-state index is 0.0402. The maximum atomic E-state index is 12.4. The zero-order valence-electron chi connectivity index (χ0n) is 16.6. The van der Waals surface area contributed by atoms with Crippen LogP contribution in [-0.4, -0.2) is 26.6 Å². The van der Waals surface area contributed by atoms with Crippen LogP contribution in [0.15, 0.2) is 34.5 Å². The number of nitrogens with zero attached hydrogens (tertiary/aromatic N) is 3. The molecule has 0 unspecified atom stereocenters. The molecule has 0 saturated heterocycles. The van der Waals surface area contributed by atoms with Crippen LogP contribution >= 0.6 is 11.3 Å². The monoisotopic (exact) mass is 413 g/mol. The SMILES string of the molecule is CCCCn1c(O)c2ccc(C(=O)N=NC(=O)c3cc(C)c(CC)s3)cc2c1O. The molecule has 29 heavy (non-hydrogen) atoms. The maximum Gasteiger partial charge on any atom is 0.305 e. The van der Waals surface area contributed by atoms with Crippen LogP contribution in [0, 0.1) is 6.92 Å². The van der Waals surface area contributed by atoms with Gasteiger partial charge >= 0.3 is 5.91 Å². The molecule has 2 aromatic heterocycles. The number of thiophene rings is 1. The van der Waals surface area contributed by atoms with E-state index in [1.165, 1.54) is 28.0 Å². The number of benzene rings is 1. The predicted octanol–water partition coefficient (Wildman–Crippen LogP) is 5.22. The number of carbonyl (C=O) groups is 2. The van der Waals surface area contributed by atoms with Crippen LogP contribution in [0.4, 0.5) is 0 Å². The summed E-state index contributed by atoms with van der Waals surface area (Å²) in [6.07, 6.45) is 2.54. The Bertz CT molecular complexity index is 1110. The fraction of sp³-hybridized carbons (Fsp3) is 0.333. The Morgan fingerprint density at radius 3 is 2.38 bits per heavy atom. The van der Waals surface area contributed by atoms with Gasteiger partial charge in [0.05, 0.1) is 4.88 Å². The lowest BCUT2D eigenvalue weighted by Crippen LogP contribution is -1.96. The van der Waals surface area contributed by atoms with E-state index in [9.17, 15) is 19.8 Å². The number of carbonyl (C=O) groups excluding carboxylic acids is 2. The minimum atomic E-state index is -0.690. The van der Waals surface area contributed by atoms with Gasteiger partial charge in [-0.25, -0.2) is 0 Å². The second-order valence-corrected chi connectivity index (χ2v) is 7.93. The molecule has 0 radical (unpaired) electrons. The first-order chi connectivity index (χ1) is 13.9. The summed E-state index contributed by atoms with van der Waals surface area (Å²) in [7, 11) is 0. The third-order valence-corrected chi connectivity index (χ3v) is 6.15. The number of unbranched alkanes of at least 4 members (excludes halogenated alkanes) is 1. The van der Waals surface area contributed by atoms with E-state index in [0.29, 0.717) is 22.2 Å². The van der Waals surface area contributed by atoms with Gasteiger partial charge in [-0.05, 0) is 49.6 Å². The van der Waals surface area contributed by atoms with Gasteiger partial charge in [-0.3, -0.25) is 14.2 Å². The van der Waals surface area contributed by atoms with Gasteiger partial charge in [0.2, 0.25) is 11.8 Å². The molecule has 0 fully saturated rings. The summed E-state index contributed by atoms with van der Waals surface area (Å²) in [6.45, 7) is 6.43. The van der Waals surface area contributed by atoms with E-state index in [0.717, 1.165) is 29.7 Å². The molecular formula is C21H23N3O4S. The Balaban J connectivity index is 1.84. The summed E-state index contributed by atoms with van der Waals surface area (Å²) in [6, 6.07) is 6.24. The van der Waals surface area contributed by atoms with E-state index in [1.54, 1.807) is 12.1 Å². The fourth-order valence-electron chi connectivity index (χ4n) is 3.15. The number of aromatic nitrogens is 1. The zero-order chi connectivity index (χ0) is 21.1. The van der Waals surface area contributed by atoms with Crippen molar-refractivity contribution in [2.24, 2.45) is 10.2 Å². The molecular weight excluding hydrogens is 390 g/mol. The maximum absolute atomic E-state index is 12.4. The van der Waals surface area contributed by atoms with Crippen molar-refractivity contribution in [1.29, 1.82) is 0 Å².